The summed E-state index contributed by atoms with van der Waals surface area (Å²) in [4.78, 5) is 16.0. The average molecular weight is 398 g/mol. The van der Waals surface area contributed by atoms with Crippen molar-refractivity contribution in [2.75, 3.05) is 23.3 Å². The van der Waals surface area contributed by atoms with E-state index in [0.717, 1.165) is 13.0 Å². The average Bonchev–Trinajstić information content (AvgIpc) is 3.33. The lowest BCUT2D eigenvalue weighted by Crippen LogP contribution is -2.38. The molecule has 1 unspecified atom stereocenters. The van der Waals surface area contributed by atoms with Gasteiger partial charge in [0.1, 0.15) is 0 Å². The van der Waals surface area contributed by atoms with Crippen LogP contribution in [0.3, 0.4) is 0 Å². The number of benzene rings is 2. The Morgan fingerprint density at radius 1 is 1.15 bits per heavy atom. The predicted octanol–water partition coefficient (Wildman–Crippen LogP) is 5.33. The molecule has 6 heteroatoms. The molecule has 0 aliphatic carbocycles. The van der Waals surface area contributed by atoms with Gasteiger partial charge in [0.25, 0.3) is 0 Å². The van der Waals surface area contributed by atoms with Gasteiger partial charge in [0, 0.05) is 34.4 Å². The smallest absolute Gasteiger partial charge is 0.319 e. The lowest BCUT2D eigenvalue weighted by molar-refractivity contribution is 0.251. The van der Waals surface area contributed by atoms with E-state index in [1.807, 2.05) is 12.1 Å². The summed E-state index contributed by atoms with van der Waals surface area (Å²) in [6, 6.07) is 19.7. The molecule has 1 aliphatic heterocycles. The fraction of sp³-hybridized carbons (Fsp3) is 0.190. The molecular formula is C21H20ClN3OS. The number of anilines is 2. The van der Waals surface area contributed by atoms with Crippen molar-refractivity contribution >= 4 is 40.3 Å². The number of hydrogen-bond donors (Lipinski definition) is 2. The third-order valence-corrected chi connectivity index (χ3v) is 5.92. The number of rotatable bonds is 5. The standard InChI is InChI=1S/C21H20ClN3OS/c22-16-6-3-7-17(13-16)24-21(26)23-14-19(20-9-4-12-27-20)25-11-10-15-5-1-2-8-18(15)25/h1-9,12-13,19H,10-11,14H2,(H2,23,24,26). The molecule has 0 bridgehead atoms. The van der Waals surface area contributed by atoms with Gasteiger partial charge >= 0.3 is 6.03 Å². The maximum Gasteiger partial charge on any atom is 0.319 e. The highest BCUT2D eigenvalue weighted by atomic mass is 35.5. The number of halogens is 1. The highest BCUT2D eigenvalue weighted by molar-refractivity contribution is 7.10. The molecule has 27 heavy (non-hydrogen) atoms. The number of hydrogen-bond acceptors (Lipinski definition) is 3. The van der Waals surface area contributed by atoms with Crippen LogP contribution in [0.25, 0.3) is 0 Å². The molecule has 2 amide bonds. The number of carbonyl (C=O) groups is 1. The van der Waals surface area contributed by atoms with Gasteiger partial charge in [-0.15, -0.1) is 11.3 Å². The Kier molecular flexibility index (Phi) is 5.32. The molecule has 0 spiro atoms. The number of fused-ring (bicyclic) bond motifs is 1. The second-order valence-electron chi connectivity index (χ2n) is 6.45. The van der Waals surface area contributed by atoms with Crippen LogP contribution < -0.4 is 15.5 Å². The molecule has 2 heterocycles. The summed E-state index contributed by atoms with van der Waals surface area (Å²) in [5, 5.41) is 8.54. The Hall–Kier alpha value is -2.50. The van der Waals surface area contributed by atoms with Crippen molar-refractivity contribution in [1.82, 2.24) is 5.32 Å². The first-order valence-corrected chi connectivity index (χ1v) is 10.1. The van der Waals surface area contributed by atoms with Gasteiger partial charge in [0.05, 0.1) is 6.04 Å². The summed E-state index contributed by atoms with van der Waals surface area (Å²) in [6.45, 7) is 1.49. The highest BCUT2D eigenvalue weighted by Gasteiger charge is 2.28. The van der Waals surface area contributed by atoms with E-state index in [1.165, 1.54) is 16.1 Å². The zero-order chi connectivity index (χ0) is 18.6. The number of urea groups is 1. The quantitative estimate of drug-likeness (QED) is 0.611. The summed E-state index contributed by atoms with van der Waals surface area (Å²) in [7, 11) is 0. The third kappa shape index (κ3) is 4.10. The van der Waals surface area contributed by atoms with Crippen LogP contribution in [-0.2, 0) is 6.42 Å². The molecule has 0 saturated heterocycles. The summed E-state index contributed by atoms with van der Waals surface area (Å²) >= 11 is 7.70. The van der Waals surface area contributed by atoms with Crippen molar-refractivity contribution in [3.8, 4) is 0 Å². The molecule has 2 aromatic carbocycles. The molecule has 1 atom stereocenters. The highest BCUT2D eigenvalue weighted by Crippen LogP contribution is 2.36. The summed E-state index contributed by atoms with van der Waals surface area (Å²) in [5.74, 6) is 0. The van der Waals surface area contributed by atoms with Crippen LogP contribution in [0.1, 0.15) is 16.5 Å². The van der Waals surface area contributed by atoms with E-state index in [0.29, 0.717) is 17.3 Å². The Morgan fingerprint density at radius 3 is 2.85 bits per heavy atom. The van der Waals surface area contributed by atoms with E-state index in [2.05, 4.69) is 57.3 Å². The van der Waals surface area contributed by atoms with Gasteiger partial charge in [-0.3, -0.25) is 0 Å². The zero-order valence-electron chi connectivity index (χ0n) is 14.7. The van der Waals surface area contributed by atoms with Gasteiger partial charge in [-0.25, -0.2) is 4.79 Å². The molecule has 1 aromatic heterocycles. The maximum absolute atomic E-state index is 12.4. The zero-order valence-corrected chi connectivity index (χ0v) is 16.3. The van der Waals surface area contributed by atoms with Crippen LogP contribution in [0.5, 0.6) is 0 Å². The van der Waals surface area contributed by atoms with E-state index < -0.39 is 0 Å². The van der Waals surface area contributed by atoms with E-state index in [-0.39, 0.29) is 12.1 Å². The van der Waals surface area contributed by atoms with Crippen LogP contribution >= 0.6 is 22.9 Å². The van der Waals surface area contributed by atoms with Crippen molar-refractivity contribution in [2.45, 2.75) is 12.5 Å². The Bertz CT molecular complexity index is 929. The van der Waals surface area contributed by atoms with Gasteiger partial charge in [0.2, 0.25) is 0 Å². The maximum atomic E-state index is 12.4. The van der Waals surface area contributed by atoms with Gasteiger partial charge in [-0.2, -0.15) is 0 Å². The molecule has 0 radical (unpaired) electrons. The van der Waals surface area contributed by atoms with Gasteiger partial charge < -0.3 is 15.5 Å². The van der Waals surface area contributed by atoms with Crippen LogP contribution in [0.15, 0.2) is 66.0 Å². The summed E-state index contributed by atoms with van der Waals surface area (Å²) in [5.41, 5.74) is 3.30. The minimum absolute atomic E-state index is 0.110. The first-order valence-electron chi connectivity index (χ1n) is 8.89. The fourth-order valence-corrected chi connectivity index (χ4v) is 4.49. The van der Waals surface area contributed by atoms with Crippen LogP contribution in [0, 0.1) is 0 Å². The number of carbonyl (C=O) groups excluding carboxylic acids is 1. The summed E-state index contributed by atoms with van der Waals surface area (Å²) < 4.78 is 0. The van der Waals surface area contributed by atoms with E-state index in [1.54, 1.807) is 23.5 Å². The number of amides is 2. The number of thiophene rings is 1. The largest absolute Gasteiger partial charge is 0.361 e. The molecule has 0 saturated carbocycles. The molecule has 4 rings (SSSR count). The van der Waals surface area contributed by atoms with Crippen molar-refractivity contribution in [1.29, 1.82) is 0 Å². The van der Waals surface area contributed by atoms with E-state index in [4.69, 9.17) is 11.6 Å². The van der Waals surface area contributed by atoms with Crippen molar-refractivity contribution in [3.63, 3.8) is 0 Å². The lowest BCUT2D eigenvalue weighted by atomic mass is 10.1. The minimum Gasteiger partial charge on any atom is -0.361 e. The minimum atomic E-state index is -0.230. The predicted molar refractivity (Wildman–Crippen MR) is 113 cm³/mol. The lowest BCUT2D eigenvalue weighted by Gasteiger charge is -2.30. The van der Waals surface area contributed by atoms with E-state index in [9.17, 15) is 4.79 Å². The Morgan fingerprint density at radius 2 is 2.04 bits per heavy atom. The summed E-state index contributed by atoms with van der Waals surface area (Å²) in [6.07, 6.45) is 1.03. The van der Waals surface area contributed by atoms with Crippen molar-refractivity contribution in [2.24, 2.45) is 0 Å². The Balaban J connectivity index is 1.47. The van der Waals surface area contributed by atoms with Crippen molar-refractivity contribution in [3.05, 3.63) is 81.5 Å². The van der Waals surface area contributed by atoms with Crippen LogP contribution in [0.4, 0.5) is 16.2 Å². The van der Waals surface area contributed by atoms with Gasteiger partial charge in [-0.1, -0.05) is 41.9 Å². The Labute approximate surface area is 167 Å². The molecule has 3 aromatic rings. The van der Waals surface area contributed by atoms with Gasteiger partial charge in [-0.05, 0) is 47.7 Å². The second kappa shape index (κ2) is 8.03. The molecular weight excluding hydrogens is 378 g/mol. The molecule has 138 valence electrons. The molecule has 1 aliphatic rings. The number of para-hydroxylation sites is 1. The second-order valence-corrected chi connectivity index (χ2v) is 7.86. The third-order valence-electron chi connectivity index (χ3n) is 4.71. The van der Waals surface area contributed by atoms with Crippen LogP contribution in [0.2, 0.25) is 5.02 Å². The molecule has 0 fully saturated rings. The first kappa shape index (κ1) is 17.9. The molecule has 4 nitrogen and oxygen atoms in total. The number of nitrogens with zero attached hydrogens (tertiary/aromatic N) is 1. The fourth-order valence-electron chi connectivity index (χ4n) is 3.46. The topological polar surface area (TPSA) is 44.4 Å². The van der Waals surface area contributed by atoms with Gasteiger partial charge in [0.15, 0.2) is 0 Å². The number of nitrogens with one attached hydrogen (secondary N) is 2. The monoisotopic (exact) mass is 397 g/mol. The SMILES string of the molecule is O=C(NCC(c1cccs1)N1CCc2ccccc21)Nc1cccc(Cl)c1. The van der Waals surface area contributed by atoms with Crippen molar-refractivity contribution < 1.29 is 4.79 Å². The molecule has 2 N–H and O–H groups in total. The first-order chi connectivity index (χ1) is 13.2. The van der Waals surface area contributed by atoms with Crippen LogP contribution in [-0.4, -0.2) is 19.1 Å². The van der Waals surface area contributed by atoms with E-state index >= 15 is 0 Å². The normalized spacial score (nSPS) is 13.9.